The molecule has 3 heterocycles. The van der Waals surface area contributed by atoms with Crippen molar-refractivity contribution < 1.29 is 4.79 Å². The molecule has 0 atom stereocenters. The van der Waals surface area contributed by atoms with Gasteiger partial charge < -0.3 is 5.32 Å². The Kier molecular flexibility index (Phi) is 5.32. The van der Waals surface area contributed by atoms with Gasteiger partial charge in [0.2, 0.25) is 0 Å². The predicted octanol–water partition coefficient (Wildman–Crippen LogP) is 1.28. The minimum Gasteiger partial charge on any atom is -0.350 e. The molecule has 2 N–H and O–H groups in total. The van der Waals surface area contributed by atoms with Gasteiger partial charge >= 0.3 is 0 Å². The first-order valence-corrected chi connectivity index (χ1v) is 8.28. The van der Waals surface area contributed by atoms with Crippen molar-refractivity contribution in [3.8, 4) is 0 Å². The zero-order valence-corrected chi connectivity index (χ0v) is 13.8. The van der Waals surface area contributed by atoms with Gasteiger partial charge in [-0.2, -0.15) is 5.10 Å². The van der Waals surface area contributed by atoms with Gasteiger partial charge in [-0.05, 0) is 25.1 Å². The van der Waals surface area contributed by atoms with E-state index >= 15 is 0 Å². The van der Waals surface area contributed by atoms with Crippen molar-refractivity contribution in [2.45, 2.75) is 19.8 Å². The summed E-state index contributed by atoms with van der Waals surface area (Å²) in [6.07, 6.45) is 5.46. The number of amides is 1. The van der Waals surface area contributed by atoms with E-state index in [2.05, 4.69) is 43.4 Å². The van der Waals surface area contributed by atoms with Crippen LogP contribution in [0.15, 0.2) is 30.5 Å². The van der Waals surface area contributed by atoms with E-state index < -0.39 is 0 Å². The lowest BCUT2D eigenvalue weighted by atomic mass is 10.1. The van der Waals surface area contributed by atoms with Crippen LogP contribution >= 0.6 is 0 Å². The van der Waals surface area contributed by atoms with Crippen molar-refractivity contribution in [3.63, 3.8) is 0 Å². The Balaban J connectivity index is 1.51. The maximum absolute atomic E-state index is 11.9. The Morgan fingerprint density at radius 1 is 1.42 bits per heavy atom. The largest absolute Gasteiger partial charge is 0.350 e. The minimum atomic E-state index is -0.177. The molecule has 2 aromatic heterocycles. The van der Waals surface area contributed by atoms with Gasteiger partial charge in [0.05, 0.1) is 0 Å². The first-order valence-electron chi connectivity index (χ1n) is 8.28. The van der Waals surface area contributed by atoms with Crippen LogP contribution in [0.25, 0.3) is 5.57 Å². The summed E-state index contributed by atoms with van der Waals surface area (Å²) in [5, 5.41) is 10.1. The van der Waals surface area contributed by atoms with Crippen LogP contribution in [0.5, 0.6) is 0 Å². The van der Waals surface area contributed by atoms with Crippen LogP contribution in [0.2, 0.25) is 0 Å². The van der Waals surface area contributed by atoms with Gasteiger partial charge in [0.1, 0.15) is 11.5 Å². The molecule has 2 aromatic rings. The van der Waals surface area contributed by atoms with Crippen LogP contribution in [0, 0.1) is 0 Å². The Hall–Kier alpha value is -2.54. The highest BCUT2D eigenvalue weighted by atomic mass is 16.1. The van der Waals surface area contributed by atoms with Gasteiger partial charge in [-0.1, -0.05) is 19.1 Å². The number of nitrogens with zero attached hydrogens (tertiary/aromatic N) is 4. The van der Waals surface area contributed by atoms with E-state index in [4.69, 9.17) is 0 Å². The fourth-order valence-electron chi connectivity index (χ4n) is 2.67. The number of aromatic amines is 1. The summed E-state index contributed by atoms with van der Waals surface area (Å²) in [4.78, 5) is 22.9. The van der Waals surface area contributed by atoms with E-state index in [9.17, 15) is 4.79 Å². The molecule has 1 amide bonds. The summed E-state index contributed by atoms with van der Waals surface area (Å²) in [5.41, 5.74) is 1.59. The molecule has 0 unspecified atom stereocenters. The van der Waals surface area contributed by atoms with E-state index in [1.807, 2.05) is 0 Å². The molecular weight excluding hydrogens is 304 g/mol. The fraction of sp³-hybridized carbons (Fsp3) is 0.412. The molecule has 0 aliphatic carbocycles. The molecule has 0 spiro atoms. The second-order valence-electron chi connectivity index (χ2n) is 5.71. The number of hydrogen-bond acceptors (Lipinski definition) is 5. The maximum atomic E-state index is 11.9. The van der Waals surface area contributed by atoms with Gasteiger partial charge in [-0.3, -0.25) is 19.8 Å². The SMILES string of the molecule is CCN1CCC=C(c2n[nH]c(CCNC(=O)c3ccccn3)n2)C1. The normalized spacial score (nSPS) is 15.1. The summed E-state index contributed by atoms with van der Waals surface area (Å²) in [6, 6.07) is 5.27. The number of carbonyl (C=O) groups is 1. The van der Waals surface area contributed by atoms with E-state index in [1.54, 1.807) is 24.4 Å². The third-order valence-electron chi connectivity index (χ3n) is 4.04. The van der Waals surface area contributed by atoms with Crippen molar-refractivity contribution in [1.29, 1.82) is 0 Å². The highest BCUT2D eigenvalue weighted by Crippen LogP contribution is 2.17. The molecule has 0 fully saturated rings. The topological polar surface area (TPSA) is 86.8 Å². The van der Waals surface area contributed by atoms with Gasteiger partial charge in [0, 0.05) is 37.8 Å². The average Bonchev–Trinajstić information content (AvgIpc) is 3.11. The van der Waals surface area contributed by atoms with E-state index in [0.29, 0.717) is 18.7 Å². The van der Waals surface area contributed by atoms with Crippen LogP contribution in [0.1, 0.15) is 35.5 Å². The lowest BCUT2D eigenvalue weighted by molar-refractivity contribution is 0.0949. The number of pyridine rings is 1. The molecular formula is C17H22N6O. The number of H-pyrrole nitrogens is 1. The second kappa shape index (κ2) is 7.83. The van der Waals surface area contributed by atoms with Gasteiger partial charge in [-0.25, -0.2) is 4.98 Å². The Labute approximate surface area is 141 Å². The van der Waals surface area contributed by atoms with Gasteiger partial charge in [-0.15, -0.1) is 0 Å². The molecule has 0 aromatic carbocycles. The first-order chi connectivity index (χ1) is 11.8. The number of carbonyl (C=O) groups excluding carboxylic acids is 1. The number of hydrogen-bond donors (Lipinski definition) is 2. The lowest BCUT2D eigenvalue weighted by Gasteiger charge is -2.24. The van der Waals surface area contributed by atoms with E-state index in [1.165, 1.54) is 5.57 Å². The molecule has 1 aliphatic heterocycles. The molecule has 7 nitrogen and oxygen atoms in total. The minimum absolute atomic E-state index is 0.177. The Morgan fingerprint density at radius 3 is 3.12 bits per heavy atom. The Bertz CT molecular complexity index is 709. The zero-order valence-electron chi connectivity index (χ0n) is 13.8. The van der Waals surface area contributed by atoms with Gasteiger partial charge in [0.25, 0.3) is 5.91 Å². The van der Waals surface area contributed by atoms with Crippen molar-refractivity contribution in [2.24, 2.45) is 0 Å². The highest BCUT2D eigenvalue weighted by Gasteiger charge is 2.16. The van der Waals surface area contributed by atoms with Crippen molar-refractivity contribution >= 4 is 11.5 Å². The van der Waals surface area contributed by atoms with Gasteiger partial charge in [0.15, 0.2) is 5.82 Å². The van der Waals surface area contributed by atoms with Crippen molar-refractivity contribution in [1.82, 2.24) is 30.4 Å². The standard InChI is InChI=1S/C17H22N6O/c1-2-23-11-5-6-13(12-23)16-20-15(21-22-16)8-10-19-17(24)14-7-3-4-9-18-14/h3-4,6-7,9H,2,5,8,10-12H2,1H3,(H,19,24)(H,20,21,22). The fourth-order valence-corrected chi connectivity index (χ4v) is 2.67. The molecule has 7 heteroatoms. The highest BCUT2D eigenvalue weighted by molar-refractivity contribution is 5.92. The third-order valence-corrected chi connectivity index (χ3v) is 4.04. The predicted molar refractivity (Wildman–Crippen MR) is 91.4 cm³/mol. The van der Waals surface area contributed by atoms with Crippen molar-refractivity contribution in [3.05, 3.63) is 47.8 Å². The average molecular weight is 326 g/mol. The summed E-state index contributed by atoms with van der Waals surface area (Å²) in [6.45, 7) is 5.68. The van der Waals surface area contributed by atoms with Crippen LogP contribution in [0.4, 0.5) is 0 Å². The summed E-state index contributed by atoms with van der Waals surface area (Å²) in [5.74, 6) is 1.36. The molecule has 0 saturated carbocycles. The molecule has 0 saturated heterocycles. The smallest absolute Gasteiger partial charge is 0.269 e. The van der Waals surface area contributed by atoms with E-state index in [-0.39, 0.29) is 5.91 Å². The summed E-state index contributed by atoms with van der Waals surface area (Å²) >= 11 is 0. The molecule has 1 aliphatic rings. The maximum Gasteiger partial charge on any atom is 0.269 e. The second-order valence-corrected chi connectivity index (χ2v) is 5.71. The van der Waals surface area contributed by atoms with Crippen LogP contribution < -0.4 is 5.32 Å². The molecule has 3 rings (SSSR count). The van der Waals surface area contributed by atoms with Crippen LogP contribution in [-0.4, -0.2) is 57.2 Å². The summed E-state index contributed by atoms with van der Waals surface area (Å²) in [7, 11) is 0. The van der Waals surface area contributed by atoms with E-state index in [0.717, 1.165) is 37.7 Å². The zero-order chi connectivity index (χ0) is 16.8. The number of nitrogens with one attached hydrogen (secondary N) is 2. The molecule has 0 radical (unpaired) electrons. The molecule has 126 valence electrons. The van der Waals surface area contributed by atoms with Crippen LogP contribution in [-0.2, 0) is 6.42 Å². The number of rotatable bonds is 6. The monoisotopic (exact) mass is 326 g/mol. The molecule has 24 heavy (non-hydrogen) atoms. The number of aromatic nitrogens is 4. The lowest BCUT2D eigenvalue weighted by Crippen LogP contribution is -2.29. The first kappa shape index (κ1) is 16.3. The van der Waals surface area contributed by atoms with Crippen LogP contribution in [0.3, 0.4) is 0 Å². The third kappa shape index (κ3) is 4.05. The molecule has 0 bridgehead atoms. The number of likely N-dealkylation sites (N-methyl/N-ethyl adjacent to an activating group) is 1. The quantitative estimate of drug-likeness (QED) is 0.835. The Morgan fingerprint density at radius 2 is 2.33 bits per heavy atom. The van der Waals surface area contributed by atoms with Crippen molar-refractivity contribution in [2.75, 3.05) is 26.2 Å². The summed E-state index contributed by atoms with van der Waals surface area (Å²) < 4.78 is 0.